The summed E-state index contributed by atoms with van der Waals surface area (Å²) in [5.74, 6) is 0.00178. The van der Waals surface area contributed by atoms with Crippen LogP contribution < -0.4 is 5.32 Å². The van der Waals surface area contributed by atoms with Crippen molar-refractivity contribution < 1.29 is 10.2 Å². The van der Waals surface area contributed by atoms with Crippen LogP contribution >= 0.6 is 23.2 Å². The van der Waals surface area contributed by atoms with Crippen molar-refractivity contribution in [2.45, 2.75) is 19.0 Å². The predicted molar refractivity (Wildman–Crippen MR) is 85.8 cm³/mol. The molecule has 0 aliphatic rings. The zero-order chi connectivity index (χ0) is 15.5. The number of phenols is 1. The number of hydrogen-bond acceptors (Lipinski definition) is 3. The molecule has 3 nitrogen and oxygen atoms in total. The molecular formula is C16H17Cl2NO2. The molecule has 0 aromatic heterocycles. The molecule has 2 aromatic rings. The van der Waals surface area contributed by atoms with Crippen LogP contribution in [0.4, 0.5) is 0 Å². The maximum absolute atomic E-state index is 9.97. The van der Waals surface area contributed by atoms with Gasteiger partial charge in [0.2, 0.25) is 0 Å². The van der Waals surface area contributed by atoms with E-state index in [1.165, 1.54) is 6.07 Å². The Morgan fingerprint density at radius 1 is 1.14 bits per heavy atom. The minimum absolute atomic E-state index is 0.00178. The first kappa shape index (κ1) is 16.1. The van der Waals surface area contributed by atoms with Crippen LogP contribution in [0.25, 0.3) is 0 Å². The fourth-order valence-corrected chi connectivity index (χ4v) is 2.64. The van der Waals surface area contributed by atoms with Crippen molar-refractivity contribution in [3.8, 4) is 5.75 Å². The molecule has 2 rings (SSSR count). The molecule has 3 N–H and O–H groups in total. The van der Waals surface area contributed by atoms with E-state index in [4.69, 9.17) is 23.2 Å². The van der Waals surface area contributed by atoms with Gasteiger partial charge in [-0.3, -0.25) is 0 Å². The lowest BCUT2D eigenvalue weighted by molar-refractivity contribution is 0.173. The van der Waals surface area contributed by atoms with Crippen molar-refractivity contribution in [2.75, 3.05) is 6.61 Å². The van der Waals surface area contributed by atoms with Gasteiger partial charge in [0.1, 0.15) is 5.75 Å². The van der Waals surface area contributed by atoms with Crippen molar-refractivity contribution in [3.05, 3.63) is 63.6 Å². The highest BCUT2D eigenvalue weighted by atomic mass is 35.5. The highest BCUT2D eigenvalue weighted by molar-refractivity contribution is 6.35. The van der Waals surface area contributed by atoms with E-state index >= 15 is 0 Å². The van der Waals surface area contributed by atoms with Crippen LogP contribution in [0.1, 0.15) is 18.1 Å². The third-order valence-electron chi connectivity index (χ3n) is 3.50. The van der Waals surface area contributed by atoms with E-state index in [-0.39, 0.29) is 17.4 Å². The minimum Gasteiger partial charge on any atom is -0.506 e. The lowest BCUT2D eigenvalue weighted by Gasteiger charge is -2.29. The van der Waals surface area contributed by atoms with Crippen LogP contribution in [0.15, 0.2) is 42.5 Å². The second-order valence-electron chi connectivity index (χ2n) is 5.11. The first-order valence-electron chi connectivity index (χ1n) is 6.54. The Bertz CT molecular complexity index is 619. The molecule has 0 fully saturated rings. The summed E-state index contributed by atoms with van der Waals surface area (Å²) >= 11 is 11.9. The van der Waals surface area contributed by atoms with Crippen LogP contribution in [-0.2, 0) is 12.1 Å². The van der Waals surface area contributed by atoms with Crippen LogP contribution in [0.2, 0.25) is 10.0 Å². The molecule has 0 aliphatic heterocycles. The zero-order valence-electron chi connectivity index (χ0n) is 11.6. The molecule has 0 heterocycles. The van der Waals surface area contributed by atoms with Gasteiger partial charge >= 0.3 is 0 Å². The smallest absolute Gasteiger partial charge is 0.138 e. The molecule has 5 heteroatoms. The van der Waals surface area contributed by atoms with Crippen molar-refractivity contribution in [1.29, 1.82) is 0 Å². The van der Waals surface area contributed by atoms with Gasteiger partial charge in [-0.2, -0.15) is 0 Å². The van der Waals surface area contributed by atoms with Crippen molar-refractivity contribution in [1.82, 2.24) is 5.32 Å². The molecule has 0 aliphatic carbocycles. The zero-order valence-corrected chi connectivity index (χ0v) is 13.1. The van der Waals surface area contributed by atoms with Crippen LogP contribution in [-0.4, -0.2) is 16.8 Å². The molecule has 2 aromatic carbocycles. The Hall–Kier alpha value is -1.26. The van der Waals surface area contributed by atoms with E-state index in [1.54, 1.807) is 6.07 Å². The molecule has 0 saturated carbocycles. The SMILES string of the molecule is CC(CO)(NCc1cc(Cl)cc(Cl)c1O)c1ccccc1. The van der Waals surface area contributed by atoms with E-state index in [0.717, 1.165) is 5.56 Å². The topological polar surface area (TPSA) is 52.5 Å². The van der Waals surface area contributed by atoms with Gasteiger partial charge in [-0.15, -0.1) is 0 Å². The Morgan fingerprint density at radius 3 is 2.43 bits per heavy atom. The monoisotopic (exact) mass is 325 g/mol. The molecule has 0 saturated heterocycles. The van der Waals surface area contributed by atoms with Gasteiger partial charge in [-0.1, -0.05) is 53.5 Å². The van der Waals surface area contributed by atoms with E-state index in [9.17, 15) is 10.2 Å². The maximum atomic E-state index is 9.97. The number of benzene rings is 2. The quantitative estimate of drug-likeness (QED) is 0.785. The largest absolute Gasteiger partial charge is 0.506 e. The van der Waals surface area contributed by atoms with Crippen LogP contribution in [0, 0.1) is 0 Å². The Labute approximate surface area is 134 Å². The number of nitrogens with one attached hydrogen (secondary N) is 1. The Morgan fingerprint density at radius 2 is 1.81 bits per heavy atom. The Kier molecular flexibility index (Phi) is 5.12. The molecule has 1 unspecified atom stereocenters. The van der Waals surface area contributed by atoms with E-state index in [1.807, 2.05) is 37.3 Å². The number of aliphatic hydroxyl groups is 1. The summed E-state index contributed by atoms with van der Waals surface area (Å²) in [6, 6.07) is 12.8. The van der Waals surface area contributed by atoms with Gasteiger partial charge in [0.05, 0.1) is 17.2 Å². The first-order valence-corrected chi connectivity index (χ1v) is 7.30. The lowest BCUT2D eigenvalue weighted by Crippen LogP contribution is -2.42. The summed E-state index contributed by atoms with van der Waals surface area (Å²) in [5, 5.41) is 23.6. The second-order valence-corrected chi connectivity index (χ2v) is 5.95. The Balaban J connectivity index is 2.21. The lowest BCUT2D eigenvalue weighted by atomic mass is 9.92. The highest BCUT2D eigenvalue weighted by Gasteiger charge is 2.25. The fourth-order valence-electron chi connectivity index (χ4n) is 2.10. The van der Waals surface area contributed by atoms with Crippen molar-refractivity contribution >= 4 is 23.2 Å². The van der Waals surface area contributed by atoms with E-state index in [0.29, 0.717) is 17.1 Å². The van der Waals surface area contributed by atoms with Gasteiger partial charge in [0.25, 0.3) is 0 Å². The summed E-state index contributed by atoms with van der Waals surface area (Å²) in [7, 11) is 0. The van der Waals surface area contributed by atoms with Gasteiger partial charge < -0.3 is 15.5 Å². The predicted octanol–water partition coefficient (Wildman–Crippen LogP) is 3.70. The summed E-state index contributed by atoms with van der Waals surface area (Å²) < 4.78 is 0. The minimum atomic E-state index is -0.623. The molecule has 1 atom stereocenters. The molecule has 0 spiro atoms. The van der Waals surface area contributed by atoms with Gasteiger partial charge in [-0.05, 0) is 24.6 Å². The average Bonchev–Trinajstić information content (AvgIpc) is 2.50. The normalized spacial score (nSPS) is 13.9. The van der Waals surface area contributed by atoms with Crippen molar-refractivity contribution in [2.24, 2.45) is 0 Å². The number of hydrogen-bond donors (Lipinski definition) is 3. The summed E-state index contributed by atoms with van der Waals surface area (Å²) in [6.45, 7) is 2.15. The van der Waals surface area contributed by atoms with Crippen molar-refractivity contribution in [3.63, 3.8) is 0 Å². The maximum Gasteiger partial charge on any atom is 0.138 e. The molecule has 0 radical (unpaired) electrons. The van der Waals surface area contributed by atoms with E-state index in [2.05, 4.69) is 5.32 Å². The number of aromatic hydroxyl groups is 1. The third-order valence-corrected chi connectivity index (χ3v) is 4.01. The molecule has 0 bridgehead atoms. The van der Waals surface area contributed by atoms with E-state index < -0.39 is 5.54 Å². The average molecular weight is 326 g/mol. The molecular weight excluding hydrogens is 309 g/mol. The summed E-state index contributed by atoms with van der Waals surface area (Å²) in [6.07, 6.45) is 0. The fraction of sp³-hybridized carbons (Fsp3) is 0.250. The first-order chi connectivity index (χ1) is 9.96. The summed E-state index contributed by atoms with van der Waals surface area (Å²) in [4.78, 5) is 0. The number of rotatable bonds is 5. The van der Waals surface area contributed by atoms with Crippen LogP contribution in [0.5, 0.6) is 5.75 Å². The van der Waals surface area contributed by atoms with Crippen LogP contribution in [0.3, 0.4) is 0 Å². The van der Waals surface area contributed by atoms with Gasteiger partial charge in [0, 0.05) is 17.1 Å². The van der Waals surface area contributed by atoms with Gasteiger partial charge in [-0.25, -0.2) is 0 Å². The van der Waals surface area contributed by atoms with Gasteiger partial charge in [0.15, 0.2) is 0 Å². The standard InChI is InChI=1S/C16H17Cl2NO2/c1-16(10-20,12-5-3-2-4-6-12)19-9-11-7-13(17)8-14(18)15(11)21/h2-8,19-21H,9-10H2,1H3. The number of aliphatic hydroxyl groups excluding tert-OH is 1. The molecule has 112 valence electrons. The summed E-state index contributed by atoms with van der Waals surface area (Å²) in [5.41, 5.74) is 0.922. The second kappa shape index (κ2) is 6.67. The number of halogens is 2. The number of phenolic OH excluding ortho intramolecular Hbond substituents is 1. The molecule has 0 amide bonds. The molecule has 21 heavy (non-hydrogen) atoms. The third kappa shape index (κ3) is 3.69. The highest BCUT2D eigenvalue weighted by Crippen LogP contribution is 2.32.